The van der Waals surface area contributed by atoms with E-state index in [0.717, 1.165) is 11.1 Å². The lowest BCUT2D eigenvalue weighted by molar-refractivity contribution is -0.113. The molecule has 0 atom stereocenters. The van der Waals surface area contributed by atoms with Crippen LogP contribution >= 0.6 is 23.1 Å². The van der Waals surface area contributed by atoms with Gasteiger partial charge in [0, 0.05) is 23.6 Å². The maximum absolute atomic E-state index is 12.8. The summed E-state index contributed by atoms with van der Waals surface area (Å²) in [6.45, 7) is 0. The van der Waals surface area contributed by atoms with Gasteiger partial charge in [0.1, 0.15) is 16.3 Å². The molecule has 0 saturated carbocycles. The minimum atomic E-state index is -0.534. The normalized spacial score (nSPS) is 10.7. The van der Waals surface area contributed by atoms with E-state index >= 15 is 0 Å². The Hall–Kier alpha value is -4.03. The summed E-state index contributed by atoms with van der Waals surface area (Å²) in [6, 6.07) is 12.8. The van der Waals surface area contributed by atoms with E-state index in [-0.39, 0.29) is 11.7 Å². The second kappa shape index (κ2) is 12.0. The molecule has 4 rings (SSSR count). The average molecular weight is 555 g/mol. The molecule has 0 spiro atoms. The molecule has 2 heterocycles. The average Bonchev–Trinajstić information content (AvgIpc) is 3.54. The Labute approximate surface area is 227 Å². The third-order valence-electron chi connectivity index (χ3n) is 5.64. The Morgan fingerprint density at radius 2 is 1.66 bits per heavy atom. The van der Waals surface area contributed by atoms with Crippen LogP contribution in [-0.4, -0.2) is 60.8 Å². The quantitative estimate of drug-likeness (QED) is 0.219. The molecular weight excluding hydrogens is 528 g/mol. The minimum absolute atomic E-state index is 0.0638. The highest BCUT2D eigenvalue weighted by Crippen LogP contribution is 2.37. The first-order valence-corrected chi connectivity index (χ1v) is 13.1. The molecule has 0 saturated heterocycles. The number of hydrogen-bond donors (Lipinski definition) is 1. The van der Waals surface area contributed by atoms with Crippen molar-refractivity contribution in [3.05, 3.63) is 53.4 Å². The van der Waals surface area contributed by atoms with Gasteiger partial charge >= 0.3 is 5.97 Å². The van der Waals surface area contributed by atoms with Gasteiger partial charge < -0.3 is 28.8 Å². The molecule has 12 heteroatoms. The molecule has 0 aliphatic rings. The summed E-state index contributed by atoms with van der Waals surface area (Å²) in [5, 5.41) is 14.1. The monoisotopic (exact) mass is 554 g/mol. The number of thiophene rings is 1. The predicted octanol–water partition coefficient (Wildman–Crippen LogP) is 4.75. The highest BCUT2D eigenvalue weighted by atomic mass is 32.2. The number of carbonyl (C=O) groups is 2. The van der Waals surface area contributed by atoms with Gasteiger partial charge in [-0.25, -0.2) is 4.79 Å². The summed E-state index contributed by atoms with van der Waals surface area (Å²) in [7, 11) is 7.86. The van der Waals surface area contributed by atoms with Gasteiger partial charge in [-0.3, -0.25) is 4.79 Å². The second-order valence-electron chi connectivity index (χ2n) is 7.85. The SMILES string of the molecule is COC(=O)c1c(-c2ccc(OC)cc2)csc1NC(=O)CSc1nnc(-c2ccc(OC)c(OC)c2)n1C. The number of thioether (sulfide) groups is 1. The van der Waals surface area contributed by atoms with E-state index < -0.39 is 5.97 Å². The number of ether oxygens (including phenoxy) is 4. The molecule has 198 valence electrons. The summed E-state index contributed by atoms with van der Waals surface area (Å²) in [4.78, 5) is 25.4. The fraction of sp³-hybridized carbons (Fsp3) is 0.231. The number of nitrogens with one attached hydrogen (secondary N) is 1. The van der Waals surface area contributed by atoms with Crippen molar-refractivity contribution in [2.75, 3.05) is 39.5 Å². The van der Waals surface area contributed by atoms with E-state index in [1.807, 2.05) is 36.7 Å². The summed E-state index contributed by atoms with van der Waals surface area (Å²) in [5.41, 5.74) is 2.57. The lowest BCUT2D eigenvalue weighted by Gasteiger charge is -2.10. The molecule has 4 aromatic rings. The van der Waals surface area contributed by atoms with Crippen LogP contribution in [0.15, 0.2) is 53.0 Å². The van der Waals surface area contributed by atoms with Gasteiger partial charge in [-0.2, -0.15) is 0 Å². The van der Waals surface area contributed by atoms with Gasteiger partial charge in [0.2, 0.25) is 5.91 Å². The number of methoxy groups -OCH3 is 4. The maximum Gasteiger partial charge on any atom is 0.341 e. The zero-order valence-corrected chi connectivity index (χ0v) is 23.1. The Balaban J connectivity index is 1.48. The van der Waals surface area contributed by atoms with E-state index in [0.29, 0.717) is 44.4 Å². The lowest BCUT2D eigenvalue weighted by atomic mass is 10.0. The highest BCUT2D eigenvalue weighted by molar-refractivity contribution is 7.99. The molecule has 38 heavy (non-hydrogen) atoms. The number of aromatic nitrogens is 3. The number of nitrogens with zero attached hydrogens (tertiary/aromatic N) is 3. The Bertz CT molecular complexity index is 1450. The summed E-state index contributed by atoms with van der Waals surface area (Å²) in [6.07, 6.45) is 0. The molecular formula is C26H26N4O6S2. The molecule has 0 aliphatic carbocycles. The molecule has 10 nitrogen and oxygen atoms in total. The number of amides is 1. The highest BCUT2D eigenvalue weighted by Gasteiger charge is 2.23. The van der Waals surface area contributed by atoms with Crippen LogP contribution in [0.2, 0.25) is 0 Å². The zero-order chi connectivity index (χ0) is 27.2. The lowest BCUT2D eigenvalue weighted by Crippen LogP contribution is -2.16. The largest absolute Gasteiger partial charge is 0.497 e. The third kappa shape index (κ3) is 5.60. The first kappa shape index (κ1) is 27.0. The standard InChI is InChI=1S/C26H26N4O6S2/c1-30-23(16-8-11-19(34-3)20(12-16)35-4)28-29-26(30)38-14-21(31)27-24-22(25(32)36-5)18(13-37-24)15-6-9-17(33-2)10-7-15/h6-13H,14H2,1-5H3,(H,27,31). The molecule has 0 aliphatic heterocycles. The first-order valence-electron chi connectivity index (χ1n) is 11.3. The topological polar surface area (TPSA) is 114 Å². The van der Waals surface area contributed by atoms with Crippen molar-refractivity contribution in [2.24, 2.45) is 7.05 Å². The van der Waals surface area contributed by atoms with Crippen molar-refractivity contribution in [2.45, 2.75) is 5.16 Å². The molecule has 0 fully saturated rings. The Morgan fingerprint density at radius 3 is 2.32 bits per heavy atom. The molecule has 2 aromatic heterocycles. The number of hydrogen-bond acceptors (Lipinski definition) is 10. The van der Waals surface area contributed by atoms with E-state index in [1.54, 1.807) is 44.1 Å². The van der Waals surface area contributed by atoms with E-state index in [9.17, 15) is 9.59 Å². The molecule has 0 radical (unpaired) electrons. The van der Waals surface area contributed by atoms with Gasteiger partial charge in [0.25, 0.3) is 0 Å². The van der Waals surface area contributed by atoms with Crippen LogP contribution in [-0.2, 0) is 16.6 Å². The van der Waals surface area contributed by atoms with Gasteiger partial charge in [0.15, 0.2) is 22.5 Å². The van der Waals surface area contributed by atoms with Crippen LogP contribution in [0.5, 0.6) is 17.2 Å². The minimum Gasteiger partial charge on any atom is -0.497 e. The number of carbonyl (C=O) groups excluding carboxylic acids is 2. The van der Waals surface area contributed by atoms with E-state index in [1.165, 1.54) is 30.2 Å². The Kier molecular flexibility index (Phi) is 8.54. The van der Waals surface area contributed by atoms with Crippen molar-refractivity contribution < 1.29 is 28.5 Å². The van der Waals surface area contributed by atoms with Crippen LogP contribution in [0, 0.1) is 0 Å². The predicted molar refractivity (Wildman–Crippen MR) is 147 cm³/mol. The first-order chi connectivity index (χ1) is 18.4. The van der Waals surface area contributed by atoms with Crippen molar-refractivity contribution in [3.63, 3.8) is 0 Å². The van der Waals surface area contributed by atoms with Crippen molar-refractivity contribution in [3.8, 4) is 39.8 Å². The van der Waals surface area contributed by atoms with Crippen LogP contribution in [0.3, 0.4) is 0 Å². The molecule has 1 N–H and O–H groups in total. The zero-order valence-electron chi connectivity index (χ0n) is 21.4. The molecule has 0 bridgehead atoms. The molecule has 0 unspecified atom stereocenters. The molecule has 2 aromatic carbocycles. The van der Waals surface area contributed by atoms with Gasteiger partial charge in [-0.05, 0) is 35.9 Å². The van der Waals surface area contributed by atoms with Crippen molar-refractivity contribution in [1.29, 1.82) is 0 Å². The molecule has 1 amide bonds. The van der Waals surface area contributed by atoms with Crippen LogP contribution < -0.4 is 19.5 Å². The van der Waals surface area contributed by atoms with Crippen LogP contribution in [0.25, 0.3) is 22.5 Å². The van der Waals surface area contributed by atoms with Crippen molar-refractivity contribution in [1.82, 2.24) is 14.8 Å². The summed E-state index contributed by atoms with van der Waals surface area (Å²) in [5.74, 6) is 1.74. The number of rotatable bonds is 10. The Morgan fingerprint density at radius 1 is 0.947 bits per heavy atom. The van der Waals surface area contributed by atoms with Gasteiger partial charge in [-0.1, -0.05) is 23.9 Å². The van der Waals surface area contributed by atoms with E-state index in [2.05, 4.69) is 15.5 Å². The second-order valence-corrected chi connectivity index (χ2v) is 9.67. The van der Waals surface area contributed by atoms with Crippen LogP contribution in [0.4, 0.5) is 5.00 Å². The van der Waals surface area contributed by atoms with Crippen molar-refractivity contribution >= 4 is 40.0 Å². The summed E-state index contributed by atoms with van der Waals surface area (Å²) >= 11 is 2.49. The fourth-order valence-electron chi connectivity index (χ4n) is 3.70. The van der Waals surface area contributed by atoms with Gasteiger partial charge in [-0.15, -0.1) is 21.5 Å². The van der Waals surface area contributed by atoms with Crippen LogP contribution in [0.1, 0.15) is 10.4 Å². The third-order valence-corrected chi connectivity index (χ3v) is 7.56. The number of anilines is 1. The van der Waals surface area contributed by atoms with Gasteiger partial charge in [0.05, 0.1) is 34.2 Å². The fourth-order valence-corrected chi connectivity index (χ4v) is 5.38. The number of benzene rings is 2. The maximum atomic E-state index is 12.8. The smallest absolute Gasteiger partial charge is 0.341 e. The van der Waals surface area contributed by atoms with E-state index in [4.69, 9.17) is 18.9 Å². The number of esters is 1. The summed E-state index contributed by atoms with van der Waals surface area (Å²) < 4.78 is 22.7.